The van der Waals surface area contributed by atoms with Crippen LogP contribution in [0.3, 0.4) is 0 Å². The average molecular weight is 254 g/mol. The molecule has 4 aliphatic rings. The van der Waals surface area contributed by atoms with Gasteiger partial charge in [-0.05, 0) is 68.3 Å². The summed E-state index contributed by atoms with van der Waals surface area (Å²) < 4.78 is 0. The van der Waals surface area contributed by atoms with E-state index in [-0.39, 0.29) is 5.41 Å². The number of Topliss-reactive ketones (excluding diaryl/α,β-unsaturated/α-hetero) is 1. The maximum absolute atomic E-state index is 12.3. The predicted octanol–water partition coefficient (Wildman–Crippen LogP) is 4.11. The molecule has 5 rings (SSSR count). The summed E-state index contributed by atoms with van der Waals surface area (Å²) in [5, 5.41) is 0. The normalized spacial score (nSPS) is 43.4. The Bertz CT molecular complexity index is 502. The molecule has 4 atom stereocenters. The largest absolute Gasteiger partial charge is 0.299 e. The number of rotatable bonds is 2. The van der Waals surface area contributed by atoms with E-state index in [0.29, 0.717) is 11.2 Å². The minimum Gasteiger partial charge on any atom is -0.299 e. The lowest BCUT2D eigenvalue weighted by Crippen LogP contribution is -2.56. The molecule has 100 valence electrons. The average Bonchev–Trinajstić information content (AvgIpc) is 2.38. The topological polar surface area (TPSA) is 17.1 Å². The van der Waals surface area contributed by atoms with Crippen molar-refractivity contribution in [2.45, 2.75) is 50.9 Å². The molecule has 1 nitrogen and oxygen atoms in total. The smallest absolute Gasteiger partial charge is 0.136 e. The quantitative estimate of drug-likeness (QED) is 0.776. The molecular formula is C18H22O. The molecule has 19 heavy (non-hydrogen) atoms. The van der Waals surface area contributed by atoms with Crippen LogP contribution in [0.2, 0.25) is 0 Å². The highest BCUT2D eigenvalue weighted by Crippen LogP contribution is 2.65. The number of carbonyl (C=O) groups excluding carboxylic acids is 1. The summed E-state index contributed by atoms with van der Waals surface area (Å²) in [7, 11) is 0. The molecule has 4 aliphatic carbocycles. The van der Waals surface area contributed by atoms with E-state index >= 15 is 0 Å². The summed E-state index contributed by atoms with van der Waals surface area (Å²) in [6.45, 7) is 1.84. The Morgan fingerprint density at radius 1 is 1.05 bits per heavy atom. The van der Waals surface area contributed by atoms with Gasteiger partial charge in [0.05, 0.1) is 0 Å². The van der Waals surface area contributed by atoms with E-state index in [1.807, 2.05) is 6.92 Å². The van der Waals surface area contributed by atoms with Gasteiger partial charge in [0.25, 0.3) is 0 Å². The molecule has 0 aliphatic heterocycles. The molecule has 4 bridgehead atoms. The van der Waals surface area contributed by atoms with Crippen molar-refractivity contribution in [2.75, 3.05) is 0 Å². The second kappa shape index (κ2) is 3.71. The van der Waals surface area contributed by atoms with Gasteiger partial charge in [-0.25, -0.2) is 0 Å². The van der Waals surface area contributed by atoms with Crippen LogP contribution in [0.1, 0.15) is 51.0 Å². The zero-order valence-corrected chi connectivity index (χ0v) is 11.7. The van der Waals surface area contributed by atoms with Crippen molar-refractivity contribution < 1.29 is 4.79 Å². The third kappa shape index (κ3) is 1.57. The van der Waals surface area contributed by atoms with Gasteiger partial charge in [-0.15, -0.1) is 0 Å². The van der Waals surface area contributed by atoms with Gasteiger partial charge in [-0.2, -0.15) is 0 Å². The monoisotopic (exact) mass is 254 g/mol. The standard InChI is InChI=1S/C18H22O/c1-13(19)17-8-14-7-15(9-17)11-18(10-14,12-17)16-5-3-2-4-6-16/h2-6,14-15H,7-12H2,1H3/t14-,15+,17?,18?. The first-order valence-electron chi connectivity index (χ1n) is 7.69. The van der Waals surface area contributed by atoms with Gasteiger partial charge in [-0.1, -0.05) is 30.3 Å². The fourth-order valence-corrected chi connectivity index (χ4v) is 5.80. The van der Waals surface area contributed by atoms with E-state index in [4.69, 9.17) is 0 Å². The van der Waals surface area contributed by atoms with Gasteiger partial charge in [-0.3, -0.25) is 4.79 Å². The SMILES string of the molecule is CC(=O)C12C[C@H]3C[C@@H](C1)CC(c1ccccc1)(C3)C2. The van der Waals surface area contributed by atoms with E-state index < -0.39 is 0 Å². The van der Waals surface area contributed by atoms with E-state index in [1.54, 1.807) is 0 Å². The Labute approximate surface area is 115 Å². The van der Waals surface area contributed by atoms with Crippen LogP contribution >= 0.6 is 0 Å². The second-order valence-electron chi connectivity index (χ2n) is 7.44. The fourth-order valence-electron chi connectivity index (χ4n) is 5.80. The molecule has 0 spiro atoms. The Balaban J connectivity index is 1.80. The Hall–Kier alpha value is -1.11. The van der Waals surface area contributed by atoms with Gasteiger partial charge in [0.2, 0.25) is 0 Å². The molecule has 0 aromatic heterocycles. The van der Waals surface area contributed by atoms with Crippen molar-refractivity contribution in [3.63, 3.8) is 0 Å². The van der Waals surface area contributed by atoms with Crippen molar-refractivity contribution in [1.29, 1.82) is 0 Å². The lowest BCUT2D eigenvalue weighted by Gasteiger charge is -2.61. The summed E-state index contributed by atoms with van der Waals surface area (Å²) in [5.74, 6) is 2.05. The summed E-state index contributed by atoms with van der Waals surface area (Å²) in [6, 6.07) is 11.0. The van der Waals surface area contributed by atoms with E-state index in [9.17, 15) is 4.79 Å². The third-order valence-corrected chi connectivity index (χ3v) is 6.19. The number of carbonyl (C=O) groups is 1. The molecule has 0 heterocycles. The highest BCUT2D eigenvalue weighted by Gasteiger charge is 2.59. The van der Waals surface area contributed by atoms with Crippen molar-refractivity contribution in [3.8, 4) is 0 Å². The van der Waals surface area contributed by atoms with Gasteiger partial charge < -0.3 is 0 Å². The Morgan fingerprint density at radius 3 is 2.26 bits per heavy atom. The van der Waals surface area contributed by atoms with Crippen LogP contribution in [0, 0.1) is 17.3 Å². The van der Waals surface area contributed by atoms with Gasteiger partial charge >= 0.3 is 0 Å². The van der Waals surface area contributed by atoms with E-state index in [1.165, 1.54) is 37.7 Å². The minimum absolute atomic E-state index is 0.0277. The number of ketones is 1. The molecule has 1 heteroatoms. The lowest BCUT2D eigenvalue weighted by molar-refractivity contribution is -0.144. The molecule has 1 aromatic rings. The molecule has 0 saturated heterocycles. The predicted molar refractivity (Wildman–Crippen MR) is 75.9 cm³/mol. The van der Waals surface area contributed by atoms with E-state index in [2.05, 4.69) is 30.3 Å². The van der Waals surface area contributed by atoms with Crippen molar-refractivity contribution in [2.24, 2.45) is 17.3 Å². The molecule has 4 fully saturated rings. The van der Waals surface area contributed by atoms with Crippen molar-refractivity contribution in [1.82, 2.24) is 0 Å². The second-order valence-corrected chi connectivity index (χ2v) is 7.44. The van der Waals surface area contributed by atoms with Crippen molar-refractivity contribution in [3.05, 3.63) is 35.9 Å². The Kier molecular flexibility index (Phi) is 2.29. The summed E-state index contributed by atoms with van der Waals surface area (Å²) in [4.78, 5) is 12.3. The van der Waals surface area contributed by atoms with Crippen molar-refractivity contribution >= 4 is 5.78 Å². The third-order valence-electron chi connectivity index (χ3n) is 6.19. The first-order chi connectivity index (χ1) is 9.12. The summed E-state index contributed by atoms with van der Waals surface area (Å²) in [6.07, 6.45) is 7.49. The molecule has 0 N–H and O–H groups in total. The van der Waals surface area contributed by atoms with Crippen LogP contribution in [0.4, 0.5) is 0 Å². The number of hydrogen-bond donors (Lipinski definition) is 0. The summed E-state index contributed by atoms with van der Waals surface area (Å²) >= 11 is 0. The maximum Gasteiger partial charge on any atom is 0.136 e. The van der Waals surface area contributed by atoms with Crippen LogP contribution in [-0.4, -0.2) is 5.78 Å². The molecule has 0 amide bonds. The highest BCUT2D eigenvalue weighted by atomic mass is 16.1. The molecule has 0 radical (unpaired) electrons. The highest BCUT2D eigenvalue weighted by molar-refractivity contribution is 5.83. The lowest BCUT2D eigenvalue weighted by atomic mass is 9.42. The number of benzene rings is 1. The first kappa shape index (κ1) is 11.7. The fraction of sp³-hybridized carbons (Fsp3) is 0.611. The van der Waals surface area contributed by atoms with Gasteiger partial charge in [0.15, 0.2) is 0 Å². The zero-order chi connectivity index (χ0) is 13.1. The number of hydrogen-bond acceptors (Lipinski definition) is 1. The van der Waals surface area contributed by atoms with Crippen LogP contribution in [0.15, 0.2) is 30.3 Å². The van der Waals surface area contributed by atoms with Crippen LogP contribution in [0.5, 0.6) is 0 Å². The molecular weight excluding hydrogens is 232 g/mol. The zero-order valence-electron chi connectivity index (χ0n) is 11.7. The van der Waals surface area contributed by atoms with E-state index in [0.717, 1.165) is 18.3 Å². The van der Waals surface area contributed by atoms with Crippen LogP contribution < -0.4 is 0 Å². The summed E-state index contributed by atoms with van der Waals surface area (Å²) in [5.41, 5.74) is 1.84. The van der Waals surface area contributed by atoms with Crippen LogP contribution in [-0.2, 0) is 10.2 Å². The molecule has 2 unspecified atom stereocenters. The van der Waals surface area contributed by atoms with Crippen LogP contribution in [0.25, 0.3) is 0 Å². The Morgan fingerprint density at radius 2 is 1.68 bits per heavy atom. The molecule has 1 aromatic carbocycles. The van der Waals surface area contributed by atoms with Gasteiger partial charge in [0.1, 0.15) is 5.78 Å². The maximum atomic E-state index is 12.3. The minimum atomic E-state index is 0.0277. The van der Waals surface area contributed by atoms with Gasteiger partial charge in [0, 0.05) is 5.41 Å². The molecule has 4 saturated carbocycles. The first-order valence-corrected chi connectivity index (χ1v) is 7.69.